The number of fused-ring (bicyclic) bond motifs is 1. The lowest BCUT2D eigenvalue weighted by atomic mass is 9.99. The van der Waals surface area contributed by atoms with Gasteiger partial charge in [-0.25, -0.2) is 0 Å². The van der Waals surface area contributed by atoms with Crippen LogP contribution in [0, 0.1) is 5.92 Å². The molecule has 1 saturated heterocycles. The Balaban J connectivity index is 1.91. The lowest BCUT2D eigenvalue weighted by molar-refractivity contribution is -0.154. The van der Waals surface area contributed by atoms with Crippen LogP contribution < -0.4 is 0 Å². The molecule has 0 radical (unpaired) electrons. The zero-order valence-corrected chi connectivity index (χ0v) is 15.4. The highest BCUT2D eigenvalue weighted by molar-refractivity contribution is 9.10. The molecular formula is C17H18BrNO6. The second kappa shape index (κ2) is 7.55. The SMILES string of the molecule is COC(=O)CCN1OC[C@H](C(=O)OC)[C@@H]1c1cc2cc(Br)ccc2o1. The van der Waals surface area contributed by atoms with Gasteiger partial charge >= 0.3 is 11.9 Å². The van der Waals surface area contributed by atoms with Crippen LogP contribution in [0.3, 0.4) is 0 Å². The van der Waals surface area contributed by atoms with Gasteiger partial charge < -0.3 is 13.9 Å². The third-order valence-electron chi connectivity index (χ3n) is 4.17. The zero-order chi connectivity index (χ0) is 18.0. The maximum atomic E-state index is 12.1. The van der Waals surface area contributed by atoms with Crippen molar-refractivity contribution in [2.45, 2.75) is 12.5 Å². The number of nitrogens with zero attached hydrogens (tertiary/aromatic N) is 1. The molecular weight excluding hydrogens is 394 g/mol. The fourth-order valence-electron chi connectivity index (χ4n) is 2.92. The Morgan fingerprint density at radius 1 is 1.28 bits per heavy atom. The molecule has 0 N–H and O–H groups in total. The third kappa shape index (κ3) is 3.70. The molecule has 1 aliphatic rings. The number of benzene rings is 1. The van der Waals surface area contributed by atoms with Crippen molar-refractivity contribution in [2.75, 3.05) is 27.4 Å². The maximum Gasteiger partial charge on any atom is 0.313 e. The monoisotopic (exact) mass is 411 g/mol. The van der Waals surface area contributed by atoms with E-state index in [0.29, 0.717) is 11.3 Å². The van der Waals surface area contributed by atoms with Crippen molar-refractivity contribution in [2.24, 2.45) is 5.92 Å². The standard InChI is InChI=1S/C17H18BrNO6/c1-22-15(20)5-6-19-16(12(9-24-19)17(21)23-2)14-8-10-7-11(18)3-4-13(10)25-14/h3-4,7-8,12,16H,5-6,9H2,1-2H3/t12-,16+/m0/s1. The van der Waals surface area contributed by atoms with Gasteiger partial charge in [0.15, 0.2) is 0 Å². The number of halogens is 1. The highest BCUT2D eigenvalue weighted by Gasteiger charge is 2.44. The first-order valence-corrected chi connectivity index (χ1v) is 8.56. The Kier molecular flexibility index (Phi) is 5.41. The summed E-state index contributed by atoms with van der Waals surface area (Å²) in [6.07, 6.45) is 0.146. The second-order valence-corrected chi connectivity index (χ2v) is 6.58. The first-order valence-electron chi connectivity index (χ1n) is 7.76. The minimum Gasteiger partial charge on any atom is -0.469 e. The van der Waals surface area contributed by atoms with E-state index < -0.39 is 12.0 Å². The normalized spacial score (nSPS) is 20.8. The van der Waals surface area contributed by atoms with E-state index in [1.165, 1.54) is 14.2 Å². The van der Waals surface area contributed by atoms with Crippen molar-refractivity contribution in [1.82, 2.24) is 5.06 Å². The number of furan rings is 1. The summed E-state index contributed by atoms with van der Waals surface area (Å²) in [6, 6.07) is 7.08. The van der Waals surface area contributed by atoms with Crippen LogP contribution in [0.15, 0.2) is 33.2 Å². The molecule has 134 valence electrons. The third-order valence-corrected chi connectivity index (χ3v) is 4.66. The highest BCUT2D eigenvalue weighted by Crippen LogP contribution is 2.39. The number of esters is 2. The smallest absolute Gasteiger partial charge is 0.313 e. The van der Waals surface area contributed by atoms with Crippen LogP contribution >= 0.6 is 15.9 Å². The summed E-state index contributed by atoms with van der Waals surface area (Å²) in [7, 11) is 2.67. The lowest BCUT2D eigenvalue weighted by Crippen LogP contribution is -2.30. The average Bonchev–Trinajstić information content (AvgIpc) is 3.21. The number of carbonyl (C=O) groups is 2. The van der Waals surface area contributed by atoms with Gasteiger partial charge in [0, 0.05) is 16.4 Å². The fourth-order valence-corrected chi connectivity index (χ4v) is 3.30. The predicted molar refractivity (Wildman–Crippen MR) is 91.5 cm³/mol. The van der Waals surface area contributed by atoms with E-state index in [1.807, 2.05) is 24.3 Å². The molecule has 7 nitrogen and oxygen atoms in total. The molecule has 3 rings (SSSR count). The molecule has 0 spiro atoms. The Bertz CT molecular complexity index is 789. The van der Waals surface area contributed by atoms with E-state index in [0.717, 1.165) is 9.86 Å². The van der Waals surface area contributed by atoms with Gasteiger partial charge in [0.2, 0.25) is 0 Å². The van der Waals surface area contributed by atoms with E-state index in [-0.39, 0.29) is 31.5 Å². The number of ether oxygens (including phenoxy) is 2. The number of rotatable bonds is 5. The molecule has 0 saturated carbocycles. The van der Waals surface area contributed by atoms with Crippen molar-refractivity contribution in [3.63, 3.8) is 0 Å². The van der Waals surface area contributed by atoms with E-state index in [1.54, 1.807) is 5.06 Å². The number of hydrogen-bond acceptors (Lipinski definition) is 7. The lowest BCUT2D eigenvalue weighted by Gasteiger charge is -2.22. The van der Waals surface area contributed by atoms with Gasteiger partial charge in [-0.05, 0) is 24.3 Å². The second-order valence-electron chi connectivity index (χ2n) is 5.67. The summed E-state index contributed by atoms with van der Waals surface area (Å²) in [6.45, 7) is 0.449. The van der Waals surface area contributed by atoms with Crippen molar-refractivity contribution in [3.05, 3.63) is 34.5 Å². The topological polar surface area (TPSA) is 78.2 Å². The molecule has 0 bridgehead atoms. The van der Waals surface area contributed by atoms with Gasteiger partial charge in [0.25, 0.3) is 0 Å². The molecule has 1 aromatic carbocycles. The van der Waals surface area contributed by atoms with Gasteiger partial charge in [-0.3, -0.25) is 14.4 Å². The highest BCUT2D eigenvalue weighted by atomic mass is 79.9. The van der Waals surface area contributed by atoms with Crippen LogP contribution in [-0.4, -0.2) is 44.4 Å². The van der Waals surface area contributed by atoms with Crippen LogP contribution in [0.4, 0.5) is 0 Å². The van der Waals surface area contributed by atoms with Gasteiger partial charge in [-0.15, -0.1) is 0 Å². The minimum absolute atomic E-state index is 0.146. The first kappa shape index (κ1) is 17.9. The van der Waals surface area contributed by atoms with Gasteiger partial charge in [0.05, 0.1) is 27.2 Å². The average molecular weight is 412 g/mol. The summed E-state index contributed by atoms with van der Waals surface area (Å²) in [4.78, 5) is 29.2. The quantitative estimate of drug-likeness (QED) is 0.699. The van der Waals surface area contributed by atoms with Crippen molar-refractivity contribution >= 4 is 38.8 Å². The minimum atomic E-state index is -0.536. The number of hydrogen-bond donors (Lipinski definition) is 0. The van der Waals surface area contributed by atoms with E-state index in [9.17, 15) is 9.59 Å². The predicted octanol–water partition coefficient (Wildman–Crippen LogP) is 2.84. The van der Waals surface area contributed by atoms with E-state index in [4.69, 9.17) is 14.0 Å². The molecule has 2 aromatic rings. The molecule has 1 fully saturated rings. The Labute approximate surface area is 152 Å². The zero-order valence-electron chi connectivity index (χ0n) is 13.9. The summed E-state index contributed by atoms with van der Waals surface area (Å²) < 4.78 is 16.4. The fraction of sp³-hybridized carbons (Fsp3) is 0.412. The molecule has 0 amide bonds. The maximum absolute atomic E-state index is 12.1. The number of carbonyl (C=O) groups excluding carboxylic acids is 2. The summed E-state index contributed by atoms with van der Waals surface area (Å²) >= 11 is 3.43. The first-order chi connectivity index (χ1) is 12.0. The molecule has 8 heteroatoms. The van der Waals surface area contributed by atoms with Gasteiger partial charge in [0.1, 0.15) is 23.3 Å². The Morgan fingerprint density at radius 3 is 2.80 bits per heavy atom. The molecule has 0 aliphatic carbocycles. The van der Waals surface area contributed by atoms with Crippen molar-refractivity contribution in [1.29, 1.82) is 0 Å². The summed E-state index contributed by atoms with van der Waals surface area (Å²) in [5.41, 5.74) is 0.710. The number of methoxy groups -OCH3 is 2. The molecule has 1 aromatic heterocycles. The van der Waals surface area contributed by atoms with Crippen molar-refractivity contribution in [3.8, 4) is 0 Å². The van der Waals surface area contributed by atoms with E-state index >= 15 is 0 Å². The molecule has 0 unspecified atom stereocenters. The summed E-state index contributed by atoms with van der Waals surface area (Å²) in [5.74, 6) is -0.679. The van der Waals surface area contributed by atoms with Gasteiger partial charge in [-0.1, -0.05) is 15.9 Å². The van der Waals surface area contributed by atoms with Crippen LogP contribution in [0.1, 0.15) is 18.2 Å². The molecule has 2 heterocycles. The van der Waals surface area contributed by atoms with Crippen LogP contribution in [0.25, 0.3) is 11.0 Å². The van der Waals surface area contributed by atoms with Crippen LogP contribution in [0.5, 0.6) is 0 Å². The largest absolute Gasteiger partial charge is 0.469 e. The molecule has 2 atom stereocenters. The number of hydroxylamine groups is 2. The van der Waals surface area contributed by atoms with E-state index in [2.05, 4.69) is 20.7 Å². The summed E-state index contributed by atoms with van der Waals surface area (Å²) in [5, 5.41) is 2.50. The van der Waals surface area contributed by atoms with Gasteiger partial charge in [-0.2, -0.15) is 5.06 Å². The Morgan fingerprint density at radius 2 is 2.08 bits per heavy atom. The Hall–Kier alpha value is -1.90. The van der Waals surface area contributed by atoms with Crippen molar-refractivity contribution < 1.29 is 28.3 Å². The van der Waals surface area contributed by atoms with Crippen LogP contribution in [-0.2, 0) is 23.9 Å². The molecule has 1 aliphatic heterocycles. The van der Waals surface area contributed by atoms with Crippen LogP contribution in [0.2, 0.25) is 0 Å². The molecule has 25 heavy (non-hydrogen) atoms.